The van der Waals surface area contributed by atoms with E-state index in [9.17, 15) is 0 Å². The first-order chi connectivity index (χ1) is 14.8. The highest BCUT2D eigenvalue weighted by molar-refractivity contribution is 6.03. The summed E-state index contributed by atoms with van der Waals surface area (Å²) in [7, 11) is 1.69. The number of hydrogen-bond acceptors (Lipinski definition) is 1. The summed E-state index contributed by atoms with van der Waals surface area (Å²) in [6.07, 6.45) is 4.38. The highest BCUT2D eigenvalue weighted by atomic mass is 16.5. The lowest BCUT2D eigenvalue weighted by Crippen LogP contribution is -1.93. The van der Waals surface area contributed by atoms with Crippen LogP contribution in [0, 0.1) is 0 Å². The van der Waals surface area contributed by atoms with Crippen LogP contribution in [0.25, 0.3) is 17.2 Å². The van der Waals surface area contributed by atoms with E-state index < -0.39 is 0 Å². The summed E-state index contributed by atoms with van der Waals surface area (Å²) in [6.45, 7) is 0. The van der Waals surface area contributed by atoms with E-state index in [-0.39, 0.29) is 0 Å². The van der Waals surface area contributed by atoms with Crippen LogP contribution >= 0.6 is 0 Å². The van der Waals surface area contributed by atoms with Gasteiger partial charge in [0.2, 0.25) is 0 Å². The van der Waals surface area contributed by atoms with Crippen LogP contribution in [0.4, 0.5) is 0 Å². The summed E-state index contributed by atoms with van der Waals surface area (Å²) in [4.78, 5) is 0. The van der Waals surface area contributed by atoms with E-state index in [4.69, 9.17) is 4.74 Å². The highest BCUT2D eigenvalue weighted by Crippen LogP contribution is 2.33. The molecule has 0 unspecified atom stereocenters. The first-order valence-corrected chi connectivity index (χ1v) is 10.1. The predicted octanol–water partition coefficient (Wildman–Crippen LogP) is 7.37. The van der Waals surface area contributed by atoms with E-state index in [0.29, 0.717) is 0 Å². The van der Waals surface area contributed by atoms with Gasteiger partial charge in [0, 0.05) is 0 Å². The third-order valence-corrected chi connectivity index (χ3v) is 5.04. The summed E-state index contributed by atoms with van der Waals surface area (Å²) in [6, 6.07) is 39.9. The quantitative estimate of drug-likeness (QED) is 0.247. The molecule has 146 valence electrons. The molecule has 0 aliphatic heterocycles. The number of rotatable bonds is 6. The third kappa shape index (κ3) is 4.59. The van der Waals surface area contributed by atoms with Crippen molar-refractivity contribution in [1.82, 2.24) is 0 Å². The molecule has 0 bridgehead atoms. The molecule has 30 heavy (non-hydrogen) atoms. The molecule has 0 aromatic heterocycles. The van der Waals surface area contributed by atoms with E-state index in [1.54, 1.807) is 7.11 Å². The summed E-state index contributed by atoms with van der Waals surface area (Å²) >= 11 is 0. The number of ether oxygens (including phenoxy) is 1. The second-order valence-corrected chi connectivity index (χ2v) is 6.99. The Hall–Kier alpha value is -3.84. The zero-order valence-corrected chi connectivity index (χ0v) is 17.0. The third-order valence-electron chi connectivity index (χ3n) is 5.04. The number of hydrogen-bond donors (Lipinski definition) is 0. The summed E-state index contributed by atoms with van der Waals surface area (Å²) in [5, 5.41) is 0. The average Bonchev–Trinajstić information content (AvgIpc) is 2.84. The minimum absolute atomic E-state index is 0.861. The van der Waals surface area contributed by atoms with Crippen molar-refractivity contribution in [3.05, 3.63) is 144 Å². The number of methoxy groups -OCH3 is 1. The fraction of sp³-hybridized carbons (Fsp3) is 0.0345. The Bertz CT molecular complexity index is 1080. The smallest absolute Gasteiger partial charge is 0.118 e. The Kier molecular flexibility index (Phi) is 6.22. The van der Waals surface area contributed by atoms with Crippen molar-refractivity contribution in [3.63, 3.8) is 0 Å². The average molecular weight is 389 g/mol. The molecule has 0 atom stereocenters. The standard InChI is InChI=1S/C29H24O/c1-30-27-20-17-23(18-21-27)19-22-28(24-11-5-2-6-12-24)29(25-13-7-3-8-14-25)26-15-9-4-10-16-26/h2-22H,1H3/b22-19+. The van der Waals surface area contributed by atoms with Crippen LogP contribution in [-0.4, -0.2) is 7.11 Å². The SMILES string of the molecule is COc1ccc(/C=C/C(=C(c2ccccc2)c2ccccc2)c2ccccc2)cc1. The van der Waals surface area contributed by atoms with Crippen LogP contribution in [0.15, 0.2) is 121 Å². The van der Waals surface area contributed by atoms with Crippen molar-refractivity contribution >= 4 is 17.2 Å². The van der Waals surface area contributed by atoms with Gasteiger partial charge in [0.15, 0.2) is 0 Å². The zero-order valence-electron chi connectivity index (χ0n) is 17.0. The Labute approximate surface area is 178 Å². The highest BCUT2D eigenvalue weighted by Gasteiger charge is 2.12. The van der Waals surface area contributed by atoms with Crippen molar-refractivity contribution in [1.29, 1.82) is 0 Å². The largest absolute Gasteiger partial charge is 0.497 e. The Morgan fingerprint density at radius 3 is 1.50 bits per heavy atom. The van der Waals surface area contributed by atoms with Crippen LogP contribution in [-0.2, 0) is 0 Å². The normalized spacial score (nSPS) is 10.7. The lowest BCUT2D eigenvalue weighted by atomic mass is 9.89. The van der Waals surface area contributed by atoms with E-state index in [0.717, 1.165) is 11.3 Å². The van der Waals surface area contributed by atoms with Gasteiger partial charge in [-0.25, -0.2) is 0 Å². The van der Waals surface area contributed by atoms with Crippen molar-refractivity contribution < 1.29 is 4.74 Å². The molecule has 0 saturated heterocycles. The minimum atomic E-state index is 0.861. The molecule has 0 fully saturated rings. The van der Waals surface area contributed by atoms with E-state index >= 15 is 0 Å². The van der Waals surface area contributed by atoms with Gasteiger partial charge in [-0.15, -0.1) is 0 Å². The van der Waals surface area contributed by atoms with Crippen molar-refractivity contribution in [2.45, 2.75) is 0 Å². The van der Waals surface area contributed by atoms with Gasteiger partial charge in [0.1, 0.15) is 5.75 Å². The van der Waals surface area contributed by atoms with Gasteiger partial charge >= 0.3 is 0 Å². The van der Waals surface area contributed by atoms with Gasteiger partial charge in [-0.2, -0.15) is 0 Å². The molecule has 4 aromatic rings. The Balaban J connectivity index is 1.91. The fourth-order valence-corrected chi connectivity index (χ4v) is 3.52. The minimum Gasteiger partial charge on any atom is -0.497 e. The summed E-state index contributed by atoms with van der Waals surface area (Å²) in [5.41, 5.74) is 7.11. The van der Waals surface area contributed by atoms with Crippen molar-refractivity contribution in [3.8, 4) is 5.75 Å². The Morgan fingerprint density at radius 2 is 1.03 bits per heavy atom. The Morgan fingerprint density at radius 1 is 0.567 bits per heavy atom. The maximum atomic E-state index is 5.28. The van der Waals surface area contributed by atoms with Gasteiger partial charge in [-0.05, 0) is 45.5 Å². The molecule has 1 nitrogen and oxygen atoms in total. The van der Waals surface area contributed by atoms with Crippen molar-refractivity contribution in [2.24, 2.45) is 0 Å². The lowest BCUT2D eigenvalue weighted by molar-refractivity contribution is 0.415. The molecular weight excluding hydrogens is 364 g/mol. The molecule has 0 amide bonds. The van der Waals surface area contributed by atoms with E-state index in [1.165, 1.54) is 27.8 Å². The van der Waals surface area contributed by atoms with Gasteiger partial charge in [0.05, 0.1) is 7.11 Å². The fourth-order valence-electron chi connectivity index (χ4n) is 3.52. The van der Waals surface area contributed by atoms with Crippen LogP contribution < -0.4 is 4.74 Å². The summed E-state index contributed by atoms with van der Waals surface area (Å²) < 4.78 is 5.28. The first kappa shape index (κ1) is 19.5. The maximum absolute atomic E-state index is 5.28. The van der Waals surface area contributed by atoms with Gasteiger partial charge in [-0.3, -0.25) is 0 Å². The predicted molar refractivity (Wildman–Crippen MR) is 127 cm³/mol. The summed E-state index contributed by atoms with van der Waals surface area (Å²) in [5.74, 6) is 0.861. The molecule has 0 heterocycles. The molecule has 0 radical (unpaired) electrons. The number of allylic oxidation sites excluding steroid dienone is 2. The molecule has 4 aromatic carbocycles. The van der Waals surface area contributed by atoms with Crippen molar-refractivity contribution in [2.75, 3.05) is 7.11 Å². The molecule has 0 saturated carbocycles. The zero-order chi connectivity index (χ0) is 20.6. The molecule has 0 spiro atoms. The molecule has 1 heteroatoms. The van der Waals surface area contributed by atoms with Crippen LogP contribution in [0.2, 0.25) is 0 Å². The topological polar surface area (TPSA) is 9.23 Å². The molecule has 4 rings (SSSR count). The molecular formula is C29H24O. The van der Waals surface area contributed by atoms with Gasteiger partial charge < -0.3 is 4.74 Å². The lowest BCUT2D eigenvalue weighted by Gasteiger charge is -2.15. The van der Waals surface area contributed by atoms with Crippen LogP contribution in [0.1, 0.15) is 22.3 Å². The molecule has 0 aliphatic rings. The van der Waals surface area contributed by atoms with Gasteiger partial charge in [0.25, 0.3) is 0 Å². The molecule has 0 N–H and O–H groups in total. The number of benzene rings is 4. The van der Waals surface area contributed by atoms with E-state index in [2.05, 4.69) is 115 Å². The van der Waals surface area contributed by atoms with E-state index in [1.807, 2.05) is 12.1 Å². The van der Waals surface area contributed by atoms with Gasteiger partial charge in [-0.1, -0.05) is 115 Å². The monoisotopic (exact) mass is 388 g/mol. The first-order valence-electron chi connectivity index (χ1n) is 10.1. The second kappa shape index (κ2) is 9.58. The maximum Gasteiger partial charge on any atom is 0.118 e. The van der Waals surface area contributed by atoms with Crippen LogP contribution in [0.3, 0.4) is 0 Å². The second-order valence-electron chi connectivity index (χ2n) is 6.99. The van der Waals surface area contributed by atoms with Crippen LogP contribution in [0.5, 0.6) is 5.75 Å². The molecule has 0 aliphatic carbocycles.